The topological polar surface area (TPSA) is 121 Å². The number of carbonyl (C=O) groups excluding carboxylic acids is 2. The average Bonchev–Trinajstić information content (AvgIpc) is 3.77. The molecule has 3 aromatic carbocycles. The lowest BCUT2D eigenvalue weighted by Crippen LogP contribution is -2.17. The predicted molar refractivity (Wildman–Crippen MR) is 173 cm³/mol. The van der Waals surface area contributed by atoms with Gasteiger partial charge < -0.3 is 19.5 Å². The summed E-state index contributed by atoms with van der Waals surface area (Å²) >= 11 is 7.46. The van der Waals surface area contributed by atoms with Crippen LogP contribution in [0.1, 0.15) is 58.7 Å². The number of esters is 1. The first kappa shape index (κ1) is 32.5. The fraction of sp³-hybridized carbons (Fsp3) is 0.303. The lowest BCUT2D eigenvalue weighted by Gasteiger charge is -2.15. The van der Waals surface area contributed by atoms with Gasteiger partial charge in [0.2, 0.25) is 0 Å². The molecule has 12 heteroatoms. The third-order valence-corrected chi connectivity index (χ3v) is 9.93. The summed E-state index contributed by atoms with van der Waals surface area (Å²) in [5.74, 6) is 0.369. The Morgan fingerprint density at radius 2 is 1.84 bits per heavy atom. The van der Waals surface area contributed by atoms with E-state index < -0.39 is 21.7 Å². The van der Waals surface area contributed by atoms with Gasteiger partial charge in [-0.3, -0.25) is 4.79 Å². The van der Waals surface area contributed by atoms with Crippen LogP contribution >= 0.6 is 22.9 Å². The average molecular weight is 669 g/mol. The molecule has 0 bridgehead atoms. The Balaban J connectivity index is 1.25. The quantitative estimate of drug-likeness (QED) is 0.137. The molecule has 0 spiro atoms. The van der Waals surface area contributed by atoms with Crippen LogP contribution < -0.4 is 14.8 Å². The van der Waals surface area contributed by atoms with Crippen LogP contribution in [0.25, 0.3) is 0 Å². The zero-order valence-electron chi connectivity index (χ0n) is 24.7. The molecule has 5 rings (SSSR count). The smallest absolute Gasteiger partial charge is 0.344 e. The van der Waals surface area contributed by atoms with E-state index in [0.29, 0.717) is 47.4 Å². The molecule has 0 saturated heterocycles. The zero-order valence-corrected chi connectivity index (χ0v) is 27.1. The van der Waals surface area contributed by atoms with Gasteiger partial charge in [-0.15, -0.1) is 11.3 Å². The summed E-state index contributed by atoms with van der Waals surface area (Å²) < 4.78 is 42.1. The number of aromatic nitrogens is 1. The summed E-state index contributed by atoms with van der Waals surface area (Å²) in [6.07, 6.45) is 3.15. The number of nitrogens with one attached hydrogen (secondary N) is 1. The fourth-order valence-electron chi connectivity index (χ4n) is 4.55. The molecule has 1 amide bonds. The van der Waals surface area contributed by atoms with Crippen molar-refractivity contribution >= 4 is 50.3 Å². The van der Waals surface area contributed by atoms with E-state index in [0.717, 1.165) is 16.3 Å². The Kier molecular flexibility index (Phi) is 10.7. The number of ether oxygens (including phenoxy) is 3. The number of sulfone groups is 1. The number of benzene rings is 3. The second-order valence-electron chi connectivity index (χ2n) is 10.5. The Bertz CT molecular complexity index is 1750. The number of halogens is 1. The molecule has 0 radical (unpaired) electrons. The van der Waals surface area contributed by atoms with E-state index in [2.05, 4.69) is 15.7 Å². The monoisotopic (exact) mass is 668 g/mol. The van der Waals surface area contributed by atoms with E-state index >= 15 is 0 Å². The van der Waals surface area contributed by atoms with E-state index in [1.165, 1.54) is 25.0 Å². The number of amides is 1. The minimum absolute atomic E-state index is 0.0624. The maximum absolute atomic E-state index is 13.3. The molecule has 1 aliphatic rings. The van der Waals surface area contributed by atoms with Gasteiger partial charge in [0.15, 0.2) is 16.4 Å². The molecule has 0 atom stereocenters. The summed E-state index contributed by atoms with van der Waals surface area (Å²) in [5, 5.41) is 6.30. The van der Waals surface area contributed by atoms with Crippen molar-refractivity contribution in [2.24, 2.45) is 0 Å². The molecule has 1 aromatic heterocycles. The number of anilines is 1. The number of rotatable bonds is 15. The first-order valence-electron chi connectivity index (χ1n) is 14.6. The van der Waals surface area contributed by atoms with E-state index in [-0.39, 0.29) is 29.6 Å². The fourth-order valence-corrected chi connectivity index (χ4v) is 6.77. The van der Waals surface area contributed by atoms with Gasteiger partial charge in [0.25, 0.3) is 5.91 Å². The van der Waals surface area contributed by atoms with Crippen LogP contribution in [0.2, 0.25) is 5.02 Å². The molecule has 9 nitrogen and oxygen atoms in total. The van der Waals surface area contributed by atoms with Crippen molar-refractivity contribution in [3.8, 4) is 11.5 Å². The maximum atomic E-state index is 13.3. The minimum atomic E-state index is -3.49. The van der Waals surface area contributed by atoms with Gasteiger partial charge in [-0.2, -0.15) is 0 Å². The van der Waals surface area contributed by atoms with Crippen LogP contribution in [-0.2, 0) is 32.4 Å². The number of hydrogen-bond donors (Lipinski definition) is 1. The number of hydrogen-bond acceptors (Lipinski definition) is 9. The van der Waals surface area contributed by atoms with Gasteiger partial charge in [0.05, 0.1) is 28.6 Å². The molecule has 0 aliphatic heterocycles. The van der Waals surface area contributed by atoms with Crippen LogP contribution in [0, 0.1) is 0 Å². The molecule has 4 aromatic rings. The molecule has 45 heavy (non-hydrogen) atoms. The molecule has 1 N–H and O–H groups in total. The second-order valence-corrected chi connectivity index (χ2v) is 14.0. The number of aryl methyl sites for hydroxylation is 1. The van der Waals surface area contributed by atoms with Crippen molar-refractivity contribution in [3.05, 3.63) is 99.0 Å². The normalized spacial score (nSPS) is 12.8. The van der Waals surface area contributed by atoms with Crippen molar-refractivity contribution in [1.29, 1.82) is 0 Å². The molecule has 236 valence electrons. The lowest BCUT2D eigenvalue weighted by atomic mass is 10.1. The molecular formula is C33H33ClN2O7S2. The molecule has 1 fully saturated rings. The summed E-state index contributed by atoms with van der Waals surface area (Å²) in [5.41, 5.74) is 2.61. The number of carbonyl (C=O) groups is 2. The molecule has 1 heterocycles. The third kappa shape index (κ3) is 9.29. The number of nitrogens with zero attached hydrogens (tertiary/aromatic N) is 1. The largest absolute Gasteiger partial charge is 0.486 e. The summed E-state index contributed by atoms with van der Waals surface area (Å²) in [4.78, 5) is 30.1. The highest BCUT2D eigenvalue weighted by Crippen LogP contribution is 2.40. The van der Waals surface area contributed by atoms with Crippen molar-refractivity contribution in [2.45, 2.75) is 50.0 Å². The van der Waals surface area contributed by atoms with Gasteiger partial charge in [0, 0.05) is 21.9 Å². The maximum Gasteiger partial charge on any atom is 0.344 e. The van der Waals surface area contributed by atoms with Gasteiger partial charge >= 0.3 is 5.97 Å². The van der Waals surface area contributed by atoms with Crippen molar-refractivity contribution in [1.82, 2.24) is 4.98 Å². The highest BCUT2D eigenvalue weighted by molar-refractivity contribution is 7.91. The van der Waals surface area contributed by atoms with E-state index in [9.17, 15) is 18.0 Å². The Morgan fingerprint density at radius 3 is 2.60 bits per heavy atom. The molecule has 1 saturated carbocycles. The highest BCUT2D eigenvalue weighted by atomic mass is 35.5. The summed E-state index contributed by atoms with van der Waals surface area (Å²) in [6, 6.07) is 18.0. The van der Waals surface area contributed by atoms with Crippen LogP contribution in [-0.4, -0.2) is 44.2 Å². The van der Waals surface area contributed by atoms with E-state index in [4.69, 9.17) is 25.8 Å². The van der Waals surface area contributed by atoms with E-state index in [1.54, 1.807) is 72.9 Å². The lowest BCUT2D eigenvalue weighted by molar-refractivity contribution is -0.145. The summed E-state index contributed by atoms with van der Waals surface area (Å²) in [7, 11) is -3.49. The number of thiazole rings is 1. The van der Waals surface area contributed by atoms with Gasteiger partial charge in [-0.05, 0) is 92.8 Å². The predicted octanol–water partition coefficient (Wildman–Crippen LogP) is 6.85. The SMILES string of the molecule is CCOC(=O)COc1ccc(CCCS(=O)(=O)c2ccc(Cl)cc2)cc1NC(=O)c1cccc(OCc2nc(C3CC3)cs2)c1. The molecule has 1 aliphatic carbocycles. The van der Waals surface area contributed by atoms with Crippen molar-refractivity contribution in [2.75, 3.05) is 24.3 Å². The van der Waals surface area contributed by atoms with Gasteiger partial charge in [0.1, 0.15) is 23.1 Å². The highest BCUT2D eigenvalue weighted by Gasteiger charge is 2.26. The first-order chi connectivity index (χ1) is 21.7. The van der Waals surface area contributed by atoms with Gasteiger partial charge in [-0.1, -0.05) is 23.7 Å². The second kappa shape index (κ2) is 14.9. The van der Waals surface area contributed by atoms with Crippen LogP contribution in [0.3, 0.4) is 0 Å². The Morgan fingerprint density at radius 1 is 1.04 bits per heavy atom. The minimum Gasteiger partial charge on any atom is -0.486 e. The van der Waals surface area contributed by atoms with Crippen molar-refractivity contribution < 1.29 is 32.2 Å². The zero-order chi connectivity index (χ0) is 31.8. The van der Waals surface area contributed by atoms with Gasteiger partial charge in [-0.25, -0.2) is 18.2 Å². The standard InChI is InChI=1S/C33H33ClN2O7S2/c1-2-41-32(37)20-43-30-15-8-22(5-4-16-45(39,40)27-13-11-25(34)12-14-27)17-28(30)36-33(38)24-6-3-7-26(18-24)42-19-31-35-29(21-44-31)23-9-10-23/h3,6-8,11-15,17-18,21,23H,2,4-5,9-10,16,19-20H2,1H3,(H,36,38). The Labute approximate surface area is 271 Å². The molecule has 0 unspecified atom stereocenters. The van der Waals surface area contributed by atoms with E-state index in [1.807, 2.05) is 0 Å². The van der Waals surface area contributed by atoms with Crippen molar-refractivity contribution in [3.63, 3.8) is 0 Å². The third-order valence-electron chi connectivity index (χ3n) is 7.02. The van der Waals surface area contributed by atoms with Crippen LogP contribution in [0.5, 0.6) is 11.5 Å². The molecular weight excluding hydrogens is 636 g/mol. The van der Waals surface area contributed by atoms with Crippen LogP contribution in [0.4, 0.5) is 5.69 Å². The van der Waals surface area contributed by atoms with Crippen LogP contribution in [0.15, 0.2) is 77.0 Å². The summed E-state index contributed by atoms with van der Waals surface area (Å²) in [6.45, 7) is 1.89. The first-order valence-corrected chi connectivity index (χ1v) is 17.5. The Hall–Kier alpha value is -3.93.